The van der Waals surface area contributed by atoms with Gasteiger partial charge in [0.15, 0.2) is 0 Å². The lowest BCUT2D eigenvalue weighted by atomic mass is 10.0. The average Bonchev–Trinajstić information content (AvgIpc) is 2.48. The van der Waals surface area contributed by atoms with Crippen molar-refractivity contribution in [1.29, 1.82) is 0 Å². The number of hydrogen-bond acceptors (Lipinski definition) is 3. The summed E-state index contributed by atoms with van der Waals surface area (Å²) in [5.74, 6) is 2.32. The van der Waals surface area contributed by atoms with Gasteiger partial charge in [-0.2, -0.15) is 11.8 Å². The molecule has 5 heteroatoms. The molecule has 0 atom stereocenters. The van der Waals surface area contributed by atoms with E-state index in [0.29, 0.717) is 30.3 Å². The maximum Gasteiger partial charge on any atom is 0.253 e. The lowest BCUT2D eigenvalue weighted by Gasteiger charge is -2.21. The topological polar surface area (TPSA) is 41.1 Å². The summed E-state index contributed by atoms with van der Waals surface area (Å²) in [5.41, 5.74) is 0.684. The molecule has 0 aromatic heterocycles. The maximum absolute atomic E-state index is 13.7. The molecule has 1 aromatic rings. The van der Waals surface area contributed by atoms with E-state index in [0.717, 1.165) is 12.8 Å². The van der Waals surface area contributed by atoms with Crippen molar-refractivity contribution in [3.05, 3.63) is 29.6 Å². The molecule has 1 heterocycles. The summed E-state index contributed by atoms with van der Waals surface area (Å²) in [4.78, 5) is 12.2. The van der Waals surface area contributed by atoms with E-state index in [1.54, 1.807) is 12.1 Å². The van der Waals surface area contributed by atoms with Crippen LogP contribution in [-0.4, -0.2) is 30.5 Å². The third-order valence-corrected chi connectivity index (χ3v) is 4.55. The highest BCUT2D eigenvalue weighted by atomic mass is 32.2. The number of thioether (sulfide) groups is 1. The van der Waals surface area contributed by atoms with Crippen LogP contribution < -0.4 is 10.6 Å². The number of nitrogens with one attached hydrogen (secondary N) is 2. The van der Waals surface area contributed by atoms with Gasteiger partial charge in [0.1, 0.15) is 5.82 Å². The minimum absolute atomic E-state index is 0.196. The molecule has 2 N–H and O–H groups in total. The van der Waals surface area contributed by atoms with Crippen molar-refractivity contribution in [1.82, 2.24) is 5.32 Å². The van der Waals surface area contributed by atoms with Crippen molar-refractivity contribution < 1.29 is 9.18 Å². The molecule has 0 saturated carbocycles. The average molecular weight is 296 g/mol. The molecular formula is C15H21FN2OS. The first kappa shape index (κ1) is 15.2. The number of hydrogen-bond donors (Lipinski definition) is 2. The lowest BCUT2D eigenvalue weighted by molar-refractivity contribution is 0.0947. The van der Waals surface area contributed by atoms with E-state index in [9.17, 15) is 9.18 Å². The van der Waals surface area contributed by atoms with Gasteiger partial charge in [-0.3, -0.25) is 4.79 Å². The molecule has 0 spiro atoms. The largest absolute Gasteiger partial charge is 0.382 e. The molecule has 3 nitrogen and oxygen atoms in total. The highest BCUT2D eigenvalue weighted by Crippen LogP contribution is 2.23. The lowest BCUT2D eigenvalue weighted by Crippen LogP contribution is -2.31. The molecule has 110 valence electrons. The van der Waals surface area contributed by atoms with Crippen LogP contribution in [0.1, 0.15) is 30.1 Å². The van der Waals surface area contributed by atoms with Crippen LogP contribution in [0.15, 0.2) is 18.2 Å². The number of para-hydroxylation sites is 1. The van der Waals surface area contributed by atoms with Gasteiger partial charge in [0.25, 0.3) is 5.91 Å². The Morgan fingerprint density at radius 2 is 2.15 bits per heavy atom. The molecule has 1 fully saturated rings. The second-order valence-electron chi connectivity index (χ2n) is 4.96. The van der Waals surface area contributed by atoms with Crippen LogP contribution in [0.25, 0.3) is 0 Å². The van der Waals surface area contributed by atoms with Gasteiger partial charge in [-0.1, -0.05) is 6.07 Å². The Hall–Kier alpha value is -1.23. The fraction of sp³-hybridized carbons (Fsp3) is 0.533. The molecule has 1 aliphatic heterocycles. The van der Waals surface area contributed by atoms with Gasteiger partial charge < -0.3 is 10.6 Å². The Bertz CT molecular complexity index is 461. The molecule has 0 unspecified atom stereocenters. The van der Waals surface area contributed by atoms with Crippen LogP contribution in [-0.2, 0) is 0 Å². The van der Waals surface area contributed by atoms with Crippen molar-refractivity contribution >= 4 is 23.4 Å². The molecule has 20 heavy (non-hydrogen) atoms. The summed E-state index contributed by atoms with van der Waals surface area (Å²) in [7, 11) is 0. The molecule has 0 bridgehead atoms. The maximum atomic E-state index is 13.7. The number of amides is 1. The molecule has 2 rings (SSSR count). The fourth-order valence-electron chi connectivity index (χ4n) is 2.35. The van der Waals surface area contributed by atoms with Gasteiger partial charge in [0.05, 0.1) is 11.3 Å². The smallest absolute Gasteiger partial charge is 0.253 e. The van der Waals surface area contributed by atoms with E-state index in [1.165, 1.54) is 17.6 Å². The second-order valence-corrected chi connectivity index (χ2v) is 6.18. The minimum atomic E-state index is -0.381. The highest BCUT2D eigenvalue weighted by Gasteiger charge is 2.18. The fourth-order valence-corrected chi connectivity index (χ4v) is 3.56. The quantitative estimate of drug-likeness (QED) is 0.877. The Balaban J connectivity index is 1.99. The molecule has 0 aliphatic carbocycles. The predicted octanol–water partition coefficient (Wildman–Crippen LogP) is 3.13. The Morgan fingerprint density at radius 3 is 2.85 bits per heavy atom. The van der Waals surface area contributed by atoms with Gasteiger partial charge in [-0.15, -0.1) is 0 Å². The third kappa shape index (κ3) is 3.88. The van der Waals surface area contributed by atoms with Gasteiger partial charge in [0.2, 0.25) is 0 Å². The number of rotatable bonds is 5. The van der Waals surface area contributed by atoms with Crippen LogP contribution in [0.2, 0.25) is 0 Å². The summed E-state index contributed by atoms with van der Waals surface area (Å²) in [6.45, 7) is 3.15. The first-order valence-corrected chi connectivity index (χ1v) is 8.26. The normalized spacial score (nSPS) is 15.9. The van der Waals surface area contributed by atoms with E-state index in [-0.39, 0.29) is 11.7 Å². The van der Waals surface area contributed by atoms with E-state index < -0.39 is 0 Å². The van der Waals surface area contributed by atoms with Crippen LogP contribution in [0.4, 0.5) is 10.1 Å². The minimum Gasteiger partial charge on any atom is -0.382 e. The first-order valence-electron chi connectivity index (χ1n) is 7.10. The van der Waals surface area contributed by atoms with E-state index in [2.05, 4.69) is 10.6 Å². The van der Waals surface area contributed by atoms with E-state index >= 15 is 0 Å². The van der Waals surface area contributed by atoms with Gasteiger partial charge in [0, 0.05) is 13.1 Å². The SMILES string of the molecule is CCNc1c(F)cccc1C(=O)NCC1CCSCC1. The Morgan fingerprint density at radius 1 is 1.40 bits per heavy atom. The highest BCUT2D eigenvalue weighted by molar-refractivity contribution is 7.99. The molecule has 1 amide bonds. The molecular weight excluding hydrogens is 275 g/mol. The van der Waals surface area contributed by atoms with Crippen molar-refractivity contribution in [2.24, 2.45) is 5.92 Å². The number of anilines is 1. The monoisotopic (exact) mass is 296 g/mol. The number of carbonyl (C=O) groups is 1. The number of halogens is 1. The second kappa shape index (κ2) is 7.53. The zero-order chi connectivity index (χ0) is 14.4. The first-order chi connectivity index (χ1) is 9.72. The number of benzene rings is 1. The van der Waals surface area contributed by atoms with E-state index in [1.807, 2.05) is 18.7 Å². The molecule has 1 saturated heterocycles. The summed E-state index contributed by atoms with van der Waals surface area (Å²) in [5, 5.41) is 5.86. The van der Waals surface area contributed by atoms with Crippen molar-refractivity contribution in [3.8, 4) is 0 Å². The van der Waals surface area contributed by atoms with Crippen LogP contribution >= 0.6 is 11.8 Å². The zero-order valence-corrected chi connectivity index (χ0v) is 12.6. The van der Waals surface area contributed by atoms with E-state index in [4.69, 9.17) is 0 Å². The predicted molar refractivity (Wildman–Crippen MR) is 82.9 cm³/mol. The summed E-state index contributed by atoms with van der Waals surface area (Å²) >= 11 is 1.97. The van der Waals surface area contributed by atoms with Crippen molar-refractivity contribution in [2.45, 2.75) is 19.8 Å². The standard InChI is InChI=1S/C15H21FN2OS/c1-2-17-14-12(4-3-5-13(14)16)15(19)18-10-11-6-8-20-9-7-11/h3-5,11,17H,2,6-10H2,1H3,(H,18,19). The molecule has 1 aliphatic rings. The van der Waals surface area contributed by atoms with Gasteiger partial charge in [-0.25, -0.2) is 4.39 Å². The summed E-state index contributed by atoms with van der Waals surface area (Å²) < 4.78 is 13.7. The van der Waals surface area contributed by atoms with Gasteiger partial charge >= 0.3 is 0 Å². The third-order valence-electron chi connectivity index (χ3n) is 3.50. The van der Waals surface area contributed by atoms with Crippen molar-refractivity contribution in [2.75, 3.05) is 29.9 Å². The Kier molecular flexibility index (Phi) is 5.71. The molecule has 1 aromatic carbocycles. The van der Waals surface area contributed by atoms with Crippen LogP contribution in [0, 0.1) is 11.7 Å². The molecule has 0 radical (unpaired) electrons. The zero-order valence-electron chi connectivity index (χ0n) is 11.7. The Labute approximate surface area is 123 Å². The van der Waals surface area contributed by atoms with Crippen molar-refractivity contribution in [3.63, 3.8) is 0 Å². The van der Waals surface area contributed by atoms with Crippen LogP contribution in [0.5, 0.6) is 0 Å². The van der Waals surface area contributed by atoms with Gasteiger partial charge in [-0.05, 0) is 49.3 Å². The van der Waals surface area contributed by atoms with Crippen LogP contribution in [0.3, 0.4) is 0 Å². The summed E-state index contributed by atoms with van der Waals surface area (Å²) in [6, 6.07) is 4.60. The number of carbonyl (C=O) groups excluding carboxylic acids is 1. The summed E-state index contributed by atoms with van der Waals surface area (Å²) in [6.07, 6.45) is 2.29.